The van der Waals surface area contributed by atoms with Crippen molar-refractivity contribution in [1.82, 2.24) is 9.80 Å². The summed E-state index contributed by atoms with van der Waals surface area (Å²) in [6.07, 6.45) is 0. The van der Waals surface area contributed by atoms with Gasteiger partial charge in [-0.15, -0.1) is 0 Å². The van der Waals surface area contributed by atoms with Gasteiger partial charge in [0.2, 0.25) is 5.43 Å². The largest absolute Gasteiger partial charge is 0.492 e. The average molecular weight is 427 g/mol. The van der Waals surface area contributed by atoms with Gasteiger partial charge in [0.05, 0.1) is 10.8 Å². The Bertz CT molecular complexity index is 960. The van der Waals surface area contributed by atoms with Crippen molar-refractivity contribution in [2.24, 2.45) is 0 Å². The van der Waals surface area contributed by atoms with Crippen LogP contribution in [0.25, 0.3) is 21.9 Å². The van der Waals surface area contributed by atoms with E-state index in [0.29, 0.717) is 46.7 Å². The Morgan fingerprint density at radius 2 is 1.13 bits per heavy atom. The highest BCUT2D eigenvalue weighted by molar-refractivity contribution is 5.90. The minimum Gasteiger partial charge on any atom is -0.492 e. The lowest BCUT2D eigenvalue weighted by Crippen LogP contribution is -2.27. The molecular weight excluding hydrogens is 392 g/mol. The molecule has 0 aliphatic rings. The zero-order valence-corrected chi connectivity index (χ0v) is 19.1. The Morgan fingerprint density at radius 1 is 0.710 bits per heavy atom. The minimum atomic E-state index is -0.0698. The van der Waals surface area contributed by atoms with Crippen molar-refractivity contribution in [2.45, 2.75) is 27.7 Å². The van der Waals surface area contributed by atoms with Crippen LogP contribution in [0, 0.1) is 0 Å². The van der Waals surface area contributed by atoms with Crippen LogP contribution in [0.4, 0.5) is 0 Å². The van der Waals surface area contributed by atoms with Gasteiger partial charge in [0, 0.05) is 13.1 Å². The maximum absolute atomic E-state index is 13.2. The molecule has 2 aromatic carbocycles. The van der Waals surface area contributed by atoms with Crippen LogP contribution < -0.4 is 14.9 Å². The molecule has 0 unspecified atom stereocenters. The average Bonchev–Trinajstić information content (AvgIpc) is 2.80. The molecule has 0 bridgehead atoms. The summed E-state index contributed by atoms with van der Waals surface area (Å²) in [4.78, 5) is 17.7. The molecule has 1 heterocycles. The Kier molecular flexibility index (Phi) is 8.32. The molecule has 0 amide bonds. The first-order valence-corrected chi connectivity index (χ1v) is 11.3. The summed E-state index contributed by atoms with van der Waals surface area (Å²) >= 11 is 0. The number of rotatable bonds is 12. The molecule has 0 saturated heterocycles. The lowest BCUT2D eigenvalue weighted by atomic mass is 10.1. The van der Waals surface area contributed by atoms with Gasteiger partial charge in [0.15, 0.2) is 0 Å². The van der Waals surface area contributed by atoms with Gasteiger partial charge >= 0.3 is 0 Å². The van der Waals surface area contributed by atoms with E-state index in [-0.39, 0.29) is 5.43 Å². The third kappa shape index (κ3) is 5.77. The number of hydrogen-bond acceptors (Lipinski definition) is 6. The molecule has 0 aliphatic heterocycles. The van der Waals surface area contributed by atoms with Gasteiger partial charge in [0.1, 0.15) is 35.9 Å². The first-order valence-electron chi connectivity index (χ1n) is 11.3. The van der Waals surface area contributed by atoms with Crippen LogP contribution in [-0.2, 0) is 0 Å². The minimum absolute atomic E-state index is 0.0698. The van der Waals surface area contributed by atoms with Gasteiger partial charge in [0.25, 0.3) is 0 Å². The van der Waals surface area contributed by atoms with E-state index >= 15 is 0 Å². The smallest absolute Gasteiger partial charge is 0.200 e. The molecule has 6 heteroatoms. The summed E-state index contributed by atoms with van der Waals surface area (Å²) in [5.41, 5.74) is 1.05. The number of ether oxygens (including phenoxy) is 2. The molecule has 0 spiro atoms. The molecule has 0 aliphatic carbocycles. The summed E-state index contributed by atoms with van der Waals surface area (Å²) < 4.78 is 17.7. The first-order chi connectivity index (χ1) is 15.1. The lowest BCUT2D eigenvalue weighted by molar-refractivity contribution is 0.223. The quantitative estimate of drug-likeness (QED) is 0.401. The molecule has 6 nitrogen and oxygen atoms in total. The summed E-state index contributed by atoms with van der Waals surface area (Å²) in [7, 11) is 0. The maximum Gasteiger partial charge on any atom is 0.200 e. The van der Waals surface area contributed by atoms with E-state index in [2.05, 4.69) is 37.5 Å². The fourth-order valence-corrected chi connectivity index (χ4v) is 3.66. The van der Waals surface area contributed by atoms with Crippen LogP contribution in [-0.4, -0.2) is 62.3 Å². The molecule has 0 fully saturated rings. The standard InChI is InChI=1S/C25H34N2O4/c1-5-26(6-2)13-15-29-19-9-11-23-21(17-19)25(28)22-18-20(10-12-24(22)31-23)30-16-14-27(7-3)8-4/h9-12,17-18H,5-8,13-16H2,1-4H3. The second kappa shape index (κ2) is 11.2. The second-order valence-corrected chi connectivity index (χ2v) is 7.50. The fourth-order valence-electron chi connectivity index (χ4n) is 3.66. The van der Waals surface area contributed by atoms with Crippen molar-refractivity contribution >= 4 is 21.9 Å². The third-order valence-electron chi connectivity index (χ3n) is 5.75. The summed E-state index contributed by atoms with van der Waals surface area (Å²) in [5.74, 6) is 1.36. The zero-order chi connectivity index (χ0) is 22.2. The van der Waals surface area contributed by atoms with E-state index in [0.717, 1.165) is 39.3 Å². The van der Waals surface area contributed by atoms with Crippen molar-refractivity contribution < 1.29 is 13.9 Å². The number of likely N-dealkylation sites (N-methyl/N-ethyl adjacent to an activating group) is 2. The lowest BCUT2D eigenvalue weighted by Gasteiger charge is -2.18. The first kappa shape index (κ1) is 23.1. The van der Waals surface area contributed by atoms with Crippen LogP contribution in [0.1, 0.15) is 27.7 Å². The highest BCUT2D eigenvalue weighted by atomic mass is 16.5. The van der Waals surface area contributed by atoms with Crippen LogP contribution in [0.5, 0.6) is 11.5 Å². The van der Waals surface area contributed by atoms with Gasteiger partial charge in [-0.3, -0.25) is 4.79 Å². The van der Waals surface area contributed by atoms with Gasteiger partial charge in [-0.2, -0.15) is 0 Å². The molecule has 31 heavy (non-hydrogen) atoms. The molecule has 1 aromatic heterocycles. The van der Waals surface area contributed by atoms with Crippen molar-refractivity contribution in [3.8, 4) is 11.5 Å². The topological polar surface area (TPSA) is 55.2 Å². The van der Waals surface area contributed by atoms with E-state index in [4.69, 9.17) is 13.9 Å². The van der Waals surface area contributed by atoms with Crippen LogP contribution in [0.3, 0.4) is 0 Å². The highest BCUT2D eigenvalue weighted by Crippen LogP contribution is 2.25. The third-order valence-corrected chi connectivity index (χ3v) is 5.75. The summed E-state index contributed by atoms with van der Waals surface area (Å²) in [6.45, 7) is 15.4. The Hall–Kier alpha value is -2.57. The maximum atomic E-state index is 13.2. The van der Waals surface area contributed by atoms with E-state index in [1.165, 1.54) is 0 Å². The van der Waals surface area contributed by atoms with Crippen molar-refractivity contribution in [2.75, 3.05) is 52.5 Å². The van der Waals surface area contributed by atoms with E-state index in [1.54, 1.807) is 24.3 Å². The summed E-state index contributed by atoms with van der Waals surface area (Å²) in [5, 5.41) is 1.04. The fraction of sp³-hybridized carbons (Fsp3) is 0.480. The summed E-state index contributed by atoms with van der Waals surface area (Å²) in [6, 6.07) is 10.9. The SMILES string of the molecule is CCN(CC)CCOc1ccc2oc3ccc(OCCN(CC)CC)cc3c(=O)c2c1. The van der Waals surface area contributed by atoms with Crippen molar-refractivity contribution in [1.29, 1.82) is 0 Å². The molecule has 3 rings (SSSR count). The van der Waals surface area contributed by atoms with Crippen molar-refractivity contribution in [3.05, 3.63) is 46.6 Å². The van der Waals surface area contributed by atoms with Gasteiger partial charge < -0.3 is 23.7 Å². The van der Waals surface area contributed by atoms with Gasteiger partial charge in [-0.25, -0.2) is 0 Å². The van der Waals surface area contributed by atoms with Crippen LogP contribution >= 0.6 is 0 Å². The van der Waals surface area contributed by atoms with Crippen molar-refractivity contribution in [3.63, 3.8) is 0 Å². The van der Waals surface area contributed by atoms with Crippen LogP contribution in [0.15, 0.2) is 45.6 Å². The highest BCUT2D eigenvalue weighted by Gasteiger charge is 2.11. The molecule has 0 atom stereocenters. The van der Waals surface area contributed by atoms with E-state index < -0.39 is 0 Å². The molecule has 168 valence electrons. The number of nitrogens with zero attached hydrogens (tertiary/aromatic N) is 2. The normalized spacial score (nSPS) is 11.7. The number of benzene rings is 2. The van der Waals surface area contributed by atoms with Crippen LogP contribution in [0.2, 0.25) is 0 Å². The molecule has 0 radical (unpaired) electrons. The Balaban J connectivity index is 1.78. The molecule has 0 N–H and O–H groups in total. The molecule has 0 saturated carbocycles. The number of hydrogen-bond donors (Lipinski definition) is 0. The van der Waals surface area contributed by atoms with Gasteiger partial charge in [-0.05, 0) is 62.6 Å². The Morgan fingerprint density at radius 3 is 1.52 bits per heavy atom. The zero-order valence-electron chi connectivity index (χ0n) is 19.1. The number of fused-ring (bicyclic) bond motifs is 2. The predicted molar refractivity (Wildman–Crippen MR) is 127 cm³/mol. The van der Waals surface area contributed by atoms with Gasteiger partial charge in [-0.1, -0.05) is 27.7 Å². The van der Waals surface area contributed by atoms with E-state index in [1.807, 2.05) is 12.1 Å². The monoisotopic (exact) mass is 426 g/mol. The molecular formula is C25H34N2O4. The second-order valence-electron chi connectivity index (χ2n) is 7.50. The van der Waals surface area contributed by atoms with E-state index in [9.17, 15) is 4.79 Å². The molecule has 3 aromatic rings. The predicted octanol–water partition coefficient (Wildman–Crippen LogP) is 4.39. The Labute approximate surface area is 184 Å².